The van der Waals surface area contributed by atoms with E-state index in [1.807, 2.05) is 6.92 Å². The largest absolute Gasteiger partial charge is 0.397 e. The molecular weight excluding hydrogens is 668 g/mol. The summed E-state index contributed by atoms with van der Waals surface area (Å²) in [4.78, 5) is 0. The van der Waals surface area contributed by atoms with E-state index in [-0.39, 0.29) is 35.5 Å². The number of hydrogen-bond donors (Lipinski definition) is 5. The monoisotopic (exact) mass is 724 g/mol. The molecule has 4 aliphatic carbocycles. The maximum absolute atomic E-state index is 11.9. The first-order valence-electron chi connectivity index (χ1n) is 17.5. The summed E-state index contributed by atoms with van der Waals surface area (Å²) < 4.78 is 86.9. The van der Waals surface area contributed by atoms with Crippen molar-refractivity contribution in [1.29, 1.82) is 0 Å². The average molecular weight is 725 g/mol. The quantitative estimate of drug-likeness (QED) is 0.151. The predicted molar refractivity (Wildman–Crippen MR) is 174 cm³/mol. The third kappa shape index (κ3) is 7.71. The van der Waals surface area contributed by atoms with Gasteiger partial charge in [0.2, 0.25) is 0 Å². The molecule has 13 nitrogen and oxygen atoms in total. The Hall–Kier alpha value is -0.720. The van der Waals surface area contributed by atoms with Gasteiger partial charge in [0.05, 0.1) is 23.9 Å². The van der Waals surface area contributed by atoms with Gasteiger partial charge in [-0.05, 0) is 106 Å². The molecule has 0 spiro atoms. The van der Waals surface area contributed by atoms with Gasteiger partial charge >= 0.3 is 20.8 Å². The Morgan fingerprint density at radius 3 is 2.29 bits per heavy atom. The highest BCUT2D eigenvalue weighted by atomic mass is 32.3. The van der Waals surface area contributed by atoms with Crippen LogP contribution in [0, 0.1) is 40.4 Å². The lowest BCUT2D eigenvalue weighted by molar-refractivity contribution is -0.312. The second kappa shape index (κ2) is 13.7. The lowest BCUT2D eigenvalue weighted by atomic mass is 9.47. The van der Waals surface area contributed by atoms with Gasteiger partial charge in [-0.3, -0.25) is 9.11 Å². The van der Waals surface area contributed by atoms with Crippen LogP contribution in [-0.4, -0.2) is 89.8 Å². The van der Waals surface area contributed by atoms with Crippen molar-refractivity contribution < 1.29 is 59.1 Å². The Kier molecular flexibility index (Phi) is 11.0. The van der Waals surface area contributed by atoms with Gasteiger partial charge < -0.3 is 24.8 Å². The van der Waals surface area contributed by atoms with Crippen molar-refractivity contribution in [1.82, 2.24) is 0 Å². The van der Waals surface area contributed by atoms with Crippen LogP contribution in [0.2, 0.25) is 0 Å². The van der Waals surface area contributed by atoms with Crippen LogP contribution in [0.3, 0.4) is 0 Å². The maximum Gasteiger partial charge on any atom is 0.397 e. The lowest BCUT2D eigenvalue weighted by Gasteiger charge is -2.60. The summed E-state index contributed by atoms with van der Waals surface area (Å²) in [7, 11) is -9.66. The maximum atomic E-state index is 11.9. The van der Waals surface area contributed by atoms with E-state index in [1.54, 1.807) is 0 Å². The zero-order chi connectivity index (χ0) is 35.6. The fourth-order valence-corrected chi connectivity index (χ4v) is 11.6. The normalized spacial score (nSPS) is 44.8. The van der Waals surface area contributed by atoms with Gasteiger partial charge in [-0.1, -0.05) is 52.2 Å². The summed E-state index contributed by atoms with van der Waals surface area (Å²) in [5, 5.41) is 33.7. The third-order valence-electron chi connectivity index (χ3n) is 12.8. The number of aliphatic hydroxyl groups is 3. The smallest absolute Gasteiger partial charge is 0.390 e. The Balaban J connectivity index is 1.44. The van der Waals surface area contributed by atoms with Gasteiger partial charge in [-0.2, -0.15) is 16.8 Å². The zero-order valence-electron chi connectivity index (χ0n) is 28.9. The van der Waals surface area contributed by atoms with Crippen molar-refractivity contribution in [3.63, 3.8) is 0 Å². The van der Waals surface area contributed by atoms with Gasteiger partial charge in [0, 0.05) is 0 Å². The molecule has 5 aliphatic rings. The van der Waals surface area contributed by atoms with E-state index in [0.29, 0.717) is 25.2 Å². The van der Waals surface area contributed by atoms with Crippen molar-refractivity contribution in [2.45, 2.75) is 154 Å². The van der Waals surface area contributed by atoms with Gasteiger partial charge in [-0.15, -0.1) is 0 Å². The molecule has 4 fully saturated rings. The van der Waals surface area contributed by atoms with Crippen molar-refractivity contribution in [3.8, 4) is 0 Å². The third-order valence-corrected chi connectivity index (χ3v) is 13.7. The molecule has 0 aromatic rings. The van der Waals surface area contributed by atoms with Crippen LogP contribution in [0.15, 0.2) is 11.6 Å². The van der Waals surface area contributed by atoms with E-state index in [2.05, 4.69) is 38.0 Å². The van der Waals surface area contributed by atoms with E-state index in [0.717, 1.165) is 38.5 Å². The first-order chi connectivity index (χ1) is 22.1. The molecule has 5 N–H and O–H groups in total. The van der Waals surface area contributed by atoms with Gasteiger partial charge in [-0.25, -0.2) is 8.37 Å². The first-order valence-corrected chi connectivity index (χ1v) is 20.2. The molecule has 1 aliphatic heterocycles. The highest BCUT2D eigenvalue weighted by Crippen LogP contribution is 2.67. The second-order valence-corrected chi connectivity index (χ2v) is 18.5. The SMILES string of the molecule is CC(C)CCCC(C)(O)C1CCC2C3CC(OC4OC(C)C(OS(=O)(=O)O)C(O)C4O)C4CC(OS(=O)(=O)O)CCC4(C)C3=CCC21C. The van der Waals surface area contributed by atoms with E-state index in [4.69, 9.17) is 13.7 Å². The Morgan fingerprint density at radius 2 is 1.67 bits per heavy atom. The van der Waals surface area contributed by atoms with Gasteiger partial charge in [0.1, 0.15) is 18.3 Å². The number of fused-ring (bicyclic) bond motifs is 5. The molecule has 14 unspecified atom stereocenters. The summed E-state index contributed by atoms with van der Waals surface area (Å²) in [5.74, 6) is 0.669. The van der Waals surface area contributed by atoms with Crippen LogP contribution >= 0.6 is 0 Å². The number of hydrogen-bond acceptors (Lipinski definition) is 11. The molecule has 3 saturated carbocycles. The number of allylic oxidation sites excluding steroid dienone is 2. The summed E-state index contributed by atoms with van der Waals surface area (Å²) in [6.45, 7) is 12.2. The molecule has 0 amide bonds. The summed E-state index contributed by atoms with van der Waals surface area (Å²) in [6, 6.07) is 0. The Morgan fingerprint density at radius 1 is 1.00 bits per heavy atom. The van der Waals surface area contributed by atoms with Crippen molar-refractivity contribution in [2.24, 2.45) is 40.4 Å². The predicted octanol–water partition coefficient (Wildman–Crippen LogP) is 3.98. The molecule has 0 aromatic heterocycles. The summed E-state index contributed by atoms with van der Waals surface area (Å²) >= 11 is 0. The molecule has 0 bridgehead atoms. The van der Waals surface area contributed by atoms with Gasteiger partial charge in [0.25, 0.3) is 0 Å². The number of ether oxygens (including phenoxy) is 2. The van der Waals surface area contributed by atoms with E-state index in [9.17, 15) is 41.3 Å². The van der Waals surface area contributed by atoms with Crippen LogP contribution in [-0.2, 0) is 38.6 Å². The summed E-state index contributed by atoms with van der Waals surface area (Å²) in [6.07, 6.45) is 0.518. The molecule has 14 atom stereocenters. The van der Waals surface area contributed by atoms with Gasteiger partial charge in [0.15, 0.2) is 6.29 Å². The lowest BCUT2D eigenvalue weighted by Crippen LogP contribution is -2.61. The van der Waals surface area contributed by atoms with Crippen molar-refractivity contribution in [3.05, 3.63) is 11.6 Å². The molecule has 48 heavy (non-hydrogen) atoms. The van der Waals surface area contributed by atoms with Crippen LogP contribution in [0.1, 0.15) is 106 Å². The highest BCUT2D eigenvalue weighted by Gasteiger charge is 2.62. The van der Waals surface area contributed by atoms with Crippen LogP contribution < -0.4 is 0 Å². The molecule has 15 heteroatoms. The van der Waals surface area contributed by atoms with Crippen molar-refractivity contribution in [2.75, 3.05) is 0 Å². The van der Waals surface area contributed by atoms with Crippen LogP contribution in [0.5, 0.6) is 0 Å². The molecule has 0 radical (unpaired) electrons. The fraction of sp³-hybridized carbons (Fsp3) is 0.939. The minimum absolute atomic E-state index is 0.0733. The van der Waals surface area contributed by atoms with E-state index in [1.165, 1.54) is 12.5 Å². The molecule has 0 aromatic carbocycles. The zero-order valence-corrected chi connectivity index (χ0v) is 30.5. The summed E-state index contributed by atoms with van der Waals surface area (Å²) in [5.41, 5.74) is -0.133. The molecule has 278 valence electrons. The average Bonchev–Trinajstić information content (AvgIpc) is 3.31. The van der Waals surface area contributed by atoms with Crippen LogP contribution in [0.4, 0.5) is 0 Å². The standard InChI is InChI=1S/C33H56O13S2/c1-18(2)8-7-13-33(6,36)26-10-9-22-21-17-25(44-30-28(35)27(34)29(19(3)43-30)46-48(40,41)42)24-16-20(45-47(37,38)39)11-14-31(24,4)23(21)12-15-32(22,26)5/h12,18-22,24-30,34-36H,7-11,13-17H2,1-6H3,(H,37,38,39)(H,40,41,42). The Bertz CT molecular complexity index is 1410. The second-order valence-electron chi connectivity index (χ2n) is 16.4. The number of aliphatic hydroxyl groups excluding tert-OH is 2. The minimum atomic E-state index is -4.95. The fourth-order valence-electron chi connectivity index (χ4n) is 10.5. The molecule has 5 rings (SSSR count). The molecule has 1 heterocycles. The molecule has 1 saturated heterocycles. The minimum Gasteiger partial charge on any atom is -0.390 e. The highest BCUT2D eigenvalue weighted by molar-refractivity contribution is 7.81. The number of rotatable bonds is 11. The first kappa shape index (κ1) is 38.5. The topological polar surface area (TPSA) is 206 Å². The Labute approximate surface area is 285 Å². The van der Waals surface area contributed by atoms with E-state index < -0.39 is 74.7 Å². The van der Waals surface area contributed by atoms with Crippen molar-refractivity contribution >= 4 is 20.8 Å². The molecular formula is C33H56O13S2. The van der Waals surface area contributed by atoms with Crippen LogP contribution in [0.25, 0.3) is 0 Å². The van der Waals surface area contributed by atoms with E-state index >= 15 is 0 Å².